The molecular formula is C21H29N3O3. The Kier molecular flexibility index (Phi) is 6.48. The molecule has 0 bridgehead atoms. The molecule has 1 aliphatic carbocycles. The lowest BCUT2D eigenvalue weighted by Gasteiger charge is -2.33. The summed E-state index contributed by atoms with van der Waals surface area (Å²) < 4.78 is 5.27. The van der Waals surface area contributed by atoms with E-state index in [1.807, 2.05) is 35.9 Å². The van der Waals surface area contributed by atoms with E-state index in [9.17, 15) is 9.59 Å². The number of esters is 1. The van der Waals surface area contributed by atoms with Gasteiger partial charge in [-0.2, -0.15) is 5.10 Å². The van der Waals surface area contributed by atoms with Crippen molar-refractivity contribution in [3.05, 3.63) is 29.8 Å². The Balaban J connectivity index is 1.53. The predicted molar refractivity (Wildman–Crippen MR) is 106 cm³/mol. The van der Waals surface area contributed by atoms with Crippen molar-refractivity contribution in [2.75, 3.05) is 24.7 Å². The largest absolute Gasteiger partial charge is 0.452 e. The van der Waals surface area contributed by atoms with Crippen LogP contribution >= 0.6 is 0 Å². The van der Waals surface area contributed by atoms with Crippen LogP contribution in [-0.2, 0) is 9.53 Å². The SMILES string of the molecule is CCN(C(=O)COC(=O)c1ccc(N2CCC(C)=N2)cc1)C1CCCCC1. The summed E-state index contributed by atoms with van der Waals surface area (Å²) in [5.74, 6) is -0.563. The number of hydrogen-bond donors (Lipinski definition) is 0. The van der Waals surface area contributed by atoms with E-state index in [0.717, 1.165) is 37.2 Å². The fourth-order valence-corrected chi connectivity index (χ4v) is 3.85. The van der Waals surface area contributed by atoms with Gasteiger partial charge in [0.05, 0.1) is 11.3 Å². The van der Waals surface area contributed by atoms with E-state index in [1.165, 1.54) is 19.3 Å². The van der Waals surface area contributed by atoms with Crippen LogP contribution < -0.4 is 5.01 Å². The summed E-state index contributed by atoms with van der Waals surface area (Å²) in [5.41, 5.74) is 2.51. The summed E-state index contributed by atoms with van der Waals surface area (Å²) in [7, 11) is 0. The van der Waals surface area contributed by atoms with Gasteiger partial charge in [-0.1, -0.05) is 19.3 Å². The number of carbonyl (C=O) groups is 2. The number of anilines is 1. The van der Waals surface area contributed by atoms with Gasteiger partial charge in [-0.15, -0.1) is 0 Å². The maximum atomic E-state index is 12.5. The molecule has 0 spiro atoms. The van der Waals surface area contributed by atoms with Crippen LogP contribution in [0.3, 0.4) is 0 Å². The van der Waals surface area contributed by atoms with Crippen LogP contribution in [0, 0.1) is 0 Å². The summed E-state index contributed by atoms with van der Waals surface area (Å²) in [6, 6.07) is 7.47. The Morgan fingerprint density at radius 3 is 2.48 bits per heavy atom. The Hall–Kier alpha value is -2.37. The third-order valence-corrected chi connectivity index (χ3v) is 5.38. The molecule has 0 radical (unpaired) electrons. The number of amides is 1. The molecule has 1 aromatic rings. The van der Waals surface area contributed by atoms with E-state index in [4.69, 9.17) is 4.74 Å². The van der Waals surface area contributed by atoms with Gasteiger partial charge >= 0.3 is 5.97 Å². The first kappa shape index (κ1) is 19.4. The van der Waals surface area contributed by atoms with Crippen molar-refractivity contribution in [2.24, 2.45) is 5.10 Å². The van der Waals surface area contributed by atoms with E-state index in [-0.39, 0.29) is 12.5 Å². The van der Waals surface area contributed by atoms with Crippen LogP contribution in [0.1, 0.15) is 62.7 Å². The number of nitrogens with zero attached hydrogens (tertiary/aromatic N) is 3. The van der Waals surface area contributed by atoms with Gasteiger partial charge in [-0.3, -0.25) is 9.80 Å². The van der Waals surface area contributed by atoms with E-state index in [0.29, 0.717) is 18.2 Å². The first-order valence-corrected chi connectivity index (χ1v) is 9.96. The standard InChI is InChI=1S/C21H29N3O3/c1-3-23(18-7-5-4-6-8-18)20(25)15-27-21(26)17-9-11-19(12-10-17)24-14-13-16(2)22-24/h9-12,18H,3-8,13-15H2,1-2H3. The zero-order valence-electron chi connectivity index (χ0n) is 16.3. The molecule has 1 aromatic carbocycles. The van der Waals surface area contributed by atoms with Crippen molar-refractivity contribution in [3.63, 3.8) is 0 Å². The van der Waals surface area contributed by atoms with Gasteiger partial charge in [0.2, 0.25) is 0 Å². The smallest absolute Gasteiger partial charge is 0.338 e. The molecule has 1 fully saturated rings. The highest BCUT2D eigenvalue weighted by molar-refractivity contribution is 5.92. The fourth-order valence-electron chi connectivity index (χ4n) is 3.85. The van der Waals surface area contributed by atoms with E-state index in [2.05, 4.69) is 5.10 Å². The number of benzene rings is 1. The van der Waals surface area contributed by atoms with Crippen LogP contribution in [0.5, 0.6) is 0 Å². The first-order valence-electron chi connectivity index (χ1n) is 9.96. The van der Waals surface area contributed by atoms with Crippen molar-refractivity contribution in [1.82, 2.24) is 4.90 Å². The average molecular weight is 371 g/mol. The lowest BCUT2D eigenvalue weighted by Crippen LogP contribution is -2.43. The molecule has 6 heteroatoms. The molecule has 2 aliphatic rings. The highest BCUT2D eigenvalue weighted by Crippen LogP contribution is 2.23. The van der Waals surface area contributed by atoms with Crippen LogP contribution in [0.2, 0.25) is 0 Å². The summed E-state index contributed by atoms with van der Waals surface area (Å²) in [6.07, 6.45) is 6.64. The average Bonchev–Trinajstić information content (AvgIpc) is 3.14. The molecule has 27 heavy (non-hydrogen) atoms. The van der Waals surface area contributed by atoms with Crippen molar-refractivity contribution < 1.29 is 14.3 Å². The van der Waals surface area contributed by atoms with Crippen molar-refractivity contribution in [1.29, 1.82) is 0 Å². The second-order valence-corrected chi connectivity index (χ2v) is 7.30. The summed E-state index contributed by atoms with van der Waals surface area (Å²) in [5, 5.41) is 6.38. The maximum absolute atomic E-state index is 12.5. The van der Waals surface area contributed by atoms with E-state index < -0.39 is 5.97 Å². The second kappa shape index (κ2) is 9.02. The van der Waals surface area contributed by atoms with Gasteiger partial charge in [0.25, 0.3) is 5.91 Å². The number of hydrazone groups is 1. The molecule has 0 aromatic heterocycles. The van der Waals surface area contributed by atoms with E-state index in [1.54, 1.807) is 12.1 Å². The number of rotatable bonds is 6. The number of carbonyl (C=O) groups excluding carboxylic acids is 2. The third kappa shape index (κ3) is 4.87. The lowest BCUT2D eigenvalue weighted by molar-refractivity contribution is -0.137. The van der Waals surface area contributed by atoms with Crippen LogP contribution in [0.25, 0.3) is 0 Å². The molecule has 0 unspecified atom stereocenters. The van der Waals surface area contributed by atoms with Gasteiger partial charge in [0.15, 0.2) is 6.61 Å². The first-order chi connectivity index (χ1) is 13.1. The molecular weight excluding hydrogens is 342 g/mol. The van der Waals surface area contributed by atoms with Crippen molar-refractivity contribution in [3.8, 4) is 0 Å². The number of likely N-dealkylation sites (N-methyl/N-ethyl adjacent to an activating group) is 1. The third-order valence-electron chi connectivity index (χ3n) is 5.38. The minimum absolute atomic E-state index is 0.101. The predicted octanol–water partition coefficient (Wildman–Crippen LogP) is 3.61. The minimum atomic E-state index is -0.462. The van der Waals surface area contributed by atoms with Gasteiger partial charge in [0.1, 0.15) is 0 Å². The quantitative estimate of drug-likeness (QED) is 0.717. The highest BCUT2D eigenvalue weighted by atomic mass is 16.5. The molecule has 1 heterocycles. The Labute approximate surface area is 161 Å². The van der Waals surface area contributed by atoms with Gasteiger partial charge in [0, 0.05) is 31.3 Å². The summed E-state index contributed by atoms with van der Waals surface area (Å²) >= 11 is 0. The zero-order valence-corrected chi connectivity index (χ0v) is 16.3. The van der Waals surface area contributed by atoms with Crippen LogP contribution in [-0.4, -0.2) is 48.2 Å². The number of ether oxygens (including phenoxy) is 1. The Morgan fingerprint density at radius 1 is 1.19 bits per heavy atom. The Bertz CT molecular complexity index is 693. The van der Waals surface area contributed by atoms with Crippen molar-refractivity contribution >= 4 is 23.3 Å². The van der Waals surface area contributed by atoms with E-state index >= 15 is 0 Å². The fraction of sp³-hybridized carbons (Fsp3) is 0.571. The molecule has 6 nitrogen and oxygen atoms in total. The second-order valence-electron chi connectivity index (χ2n) is 7.30. The van der Waals surface area contributed by atoms with Gasteiger partial charge < -0.3 is 9.64 Å². The molecule has 0 saturated heterocycles. The monoisotopic (exact) mass is 371 g/mol. The normalized spacial score (nSPS) is 17.6. The maximum Gasteiger partial charge on any atom is 0.338 e. The molecule has 0 atom stereocenters. The minimum Gasteiger partial charge on any atom is -0.452 e. The zero-order chi connectivity index (χ0) is 19.2. The summed E-state index contributed by atoms with van der Waals surface area (Å²) in [4.78, 5) is 26.6. The van der Waals surface area contributed by atoms with Crippen LogP contribution in [0.4, 0.5) is 5.69 Å². The summed E-state index contributed by atoms with van der Waals surface area (Å²) in [6.45, 7) is 5.31. The molecule has 1 aliphatic heterocycles. The van der Waals surface area contributed by atoms with Crippen LogP contribution in [0.15, 0.2) is 29.4 Å². The van der Waals surface area contributed by atoms with Crippen molar-refractivity contribution in [2.45, 2.75) is 58.4 Å². The Morgan fingerprint density at radius 2 is 1.89 bits per heavy atom. The molecule has 1 amide bonds. The van der Waals surface area contributed by atoms with Gasteiger partial charge in [-0.05, 0) is 51.0 Å². The molecule has 0 N–H and O–H groups in total. The van der Waals surface area contributed by atoms with Gasteiger partial charge in [-0.25, -0.2) is 4.79 Å². The molecule has 1 saturated carbocycles. The molecule has 146 valence electrons. The highest BCUT2D eigenvalue weighted by Gasteiger charge is 2.25. The lowest BCUT2D eigenvalue weighted by atomic mass is 9.94. The number of hydrogen-bond acceptors (Lipinski definition) is 5. The molecule has 3 rings (SSSR count). The topological polar surface area (TPSA) is 62.2 Å².